The van der Waals surface area contributed by atoms with Crippen molar-refractivity contribution < 1.29 is 9.18 Å². The predicted octanol–water partition coefficient (Wildman–Crippen LogP) is 4.31. The number of aromatic nitrogens is 2. The monoisotopic (exact) mass is 363 g/mol. The Bertz CT molecular complexity index is 931. The molecule has 4 nitrogen and oxygen atoms in total. The number of fused-ring (bicyclic) bond motifs is 1. The molecule has 1 amide bonds. The SMILES string of the molecule is Cn1ccnc1[C@H](NC(=O)c1sc2cccc(F)c2c1Cl)C1CC1. The quantitative estimate of drug-likeness (QED) is 0.750. The minimum atomic E-state index is -0.407. The molecule has 1 aliphatic rings. The summed E-state index contributed by atoms with van der Waals surface area (Å²) in [4.78, 5) is 17.5. The molecule has 2 heterocycles. The van der Waals surface area contributed by atoms with Crippen molar-refractivity contribution in [2.75, 3.05) is 0 Å². The van der Waals surface area contributed by atoms with Crippen LogP contribution in [0.4, 0.5) is 4.39 Å². The topological polar surface area (TPSA) is 46.9 Å². The van der Waals surface area contributed by atoms with Gasteiger partial charge in [0.25, 0.3) is 5.91 Å². The average Bonchev–Trinajstić information content (AvgIpc) is 3.22. The molecule has 0 bridgehead atoms. The zero-order valence-electron chi connectivity index (χ0n) is 12.9. The number of imidazole rings is 1. The Morgan fingerprint density at radius 1 is 1.50 bits per heavy atom. The number of thiophene rings is 1. The van der Waals surface area contributed by atoms with Gasteiger partial charge in [-0.3, -0.25) is 4.79 Å². The van der Waals surface area contributed by atoms with Gasteiger partial charge in [0.05, 0.1) is 11.1 Å². The van der Waals surface area contributed by atoms with Gasteiger partial charge in [0.15, 0.2) is 0 Å². The summed E-state index contributed by atoms with van der Waals surface area (Å²) in [7, 11) is 1.91. The molecule has 7 heteroatoms. The summed E-state index contributed by atoms with van der Waals surface area (Å²) < 4.78 is 16.6. The molecule has 1 saturated carbocycles. The minimum absolute atomic E-state index is 0.149. The molecule has 1 fully saturated rings. The molecular weight excluding hydrogens is 349 g/mol. The minimum Gasteiger partial charge on any atom is -0.341 e. The number of carbonyl (C=O) groups excluding carboxylic acids is 1. The maximum Gasteiger partial charge on any atom is 0.263 e. The number of benzene rings is 1. The van der Waals surface area contributed by atoms with Gasteiger partial charge in [-0.15, -0.1) is 11.3 Å². The molecule has 124 valence electrons. The maximum absolute atomic E-state index is 14.0. The molecule has 24 heavy (non-hydrogen) atoms. The number of aryl methyl sites for hydroxylation is 1. The van der Waals surface area contributed by atoms with Crippen molar-refractivity contribution in [3.8, 4) is 0 Å². The summed E-state index contributed by atoms with van der Waals surface area (Å²) in [6.07, 6.45) is 5.70. The highest BCUT2D eigenvalue weighted by molar-refractivity contribution is 7.21. The van der Waals surface area contributed by atoms with Gasteiger partial charge in [0.2, 0.25) is 0 Å². The lowest BCUT2D eigenvalue weighted by molar-refractivity contribution is 0.0933. The molecule has 2 aromatic heterocycles. The molecular formula is C17H15ClFN3OS. The van der Waals surface area contributed by atoms with E-state index in [1.807, 2.05) is 17.8 Å². The number of hydrogen-bond donors (Lipinski definition) is 1. The van der Waals surface area contributed by atoms with E-state index in [0.717, 1.165) is 18.7 Å². The molecule has 0 radical (unpaired) electrons. The number of nitrogens with one attached hydrogen (secondary N) is 1. The van der Waals surface area contributed by atoms with Gasteiger partial charge in [-0.05, 0) is 30.9 Å². The number of carbonyl (C=O) groups is 1. The lowest BCUT2D eigenvalue weighted by Gasteiger charge is -2.17. The molecule has 0 saturated heterocycles. The Kier molecular flexibility index (Phi) is 3.81. The van der Waals surface area contributed by atoms with E-state index < -0.39 is 5.82 Å². The van der Waals surface area contributed by atoms with Crippen LogP contribution in [0.1, 0.15) is 34.4 Å². The first-order valence-corrected chi connectivity index (χ1v) is 8.90. The lowest BCUT2D eigenvalue weighted by Crippen LogP contribution is -2.31. The van der Waals surface area contributed by atoms with Crippen molar-refractivity contribution in [2.45, 2.75) is 18.9 Å². The average molecular weight is 364 g/mol. The first kappa shape index (κ1) is 15.6. The number of nitrogens with zero attached hydrogens (tertiary/aromatic N) is 2. The summed E-state index contributed by atoms with van der Waals surface area (Å²) in [6, 6.07) is 4.59. The van der Waals surface area contributed by atoms with Crippen molar-refractivity contribution in [3.05, 3.63) is 52.1 Å². The number of halogens is 2. The van der Waals surface area contributed by atoms with Gasteiger partial charge in [-0.2, -0.15) is 0 Å². The maximum atomic E-state index is 14.0. The third-order valence-corrected chi connectivity index (χ3v) is 5.97. The second kappa shape index (κ2) is 5.86. The highest BCUT2D eigenvalue weighted by atomic mass is 35.5. The molecule has 3 aromatic rings. The van der Waals surface area contributed by atoms with E-state index in [9.17, 15) is 9.18 Å². The van der Waals surface area contributed by atoms with Crippen LogP contribution in [-0.4, -0.2) is 15.5 Å². The van der Waals surface area contributed by atoms with E-state index in [4.69, 9.17) is 11.6 Å². The number of hydrogen-bond acceptors (Lipinski definition) is 3. The Morgan fingerprint density at radius 2 is 2.29 bits per heavy atom. The van der Waals surface area contributed by atoms with Crippen LogP contribution in [0.5, 0.6) is 0 Å². The summed E-state index contributed by atoms with van der Waals surface area (Å²) in [6.45, 7) is 0. The van der Waals surface area contributed by atoms with Crippen LogP contribution >= 0.6 is 22.9 Å². The Morgan fingerprint density at radius 3 is 2.92 bits per heavy atom. The zero-order valence-corrected chi connectivity index (χ0v) is 14.5. The molecule has 0 aliphatic heterocycles. The molecule has 4 rings (SSSR count). The third-order valence-electron chi connectivity index (χ3n) is 4.33. The second-order valence-corrected chi connectivity index (χ2v) is 7.47. The Labute approximate surface area is 147 Å². The fourth-order valence-electron chi connectivity index (χ4n) is 2.92. The van der Waals surface area contributed by atoms with Crippen LogP contribution in [0.25, 0.3) is 10.1 Å². The molecule has 1 N–H and O–H groups in total. The fraction of sp³-hybridized carbons (Fsp3) is 0.294. The van der Waals surface area contributed by atoms with Crippen LogP contribution in [0.3, 0.4) is 0 Å². The van der Waals surface area contributed by atoms with E-state index in [1.165, 1.54) is 17.4 Å². The van der Waals surface area contributed by atoms with Crippen LogP contribution < -0.4 is 5.32 Å². The van der Waals surface area contributed by atoms with Gasteiger partial charge in [0.1, 0.15) is 16.5 Å². The lowest BCUT2D eigenvalue weighted by atomic mass is 10.1. The van der Waals surface area contributed by atoms with Crippen molar-refractivity contribution >= 4 is 38.9 Å². The molecule has 0 unspecified atom stereocenters. The predicted molar refractivity (Wildman–Crippen MR) is 92.9 cm³/mol. The van der Waals surface area contributed by atoms with E-state index in [2.05, 4.69) is 10.3 Å². The highest BCUT2D eigenvalue weighted by Gasteiger charge is 2.36. The van der Waals surface area contributed by atoms with Crippen molar-refractivity contribution in [3.63, 3.8) is 0 Å². The van der Waals surface area contributed by atoms with Gasteiger partial charge in [-0.25, -0.2) is 9.37 Å². The van der Waals surface area contributed by atoms with Gasteiger partial charge in [-0.1, -0.05) is 17.7 Å². The van der Waals surface area contributed by atoms with Crippen molar-refractivity contribution in [1.82, 2.24) is 14.9 Å². The van der Waals surface area contributed by atoms with Crippen LogP contribution in [0.2, 0.25) is 5.02 Å². The van der Waals surface area contributed by atoms with E-state index in [0.29, 0.717) is 20.9 Å². The summed E-state index contributed by atoms with van der Waals surface area (Å²) in [5.41, 5.74) is 0. The van der Waals surface area contributed by atoms with Gasteiger partial charge < -0.3 is 9.88 Å². The number of amides is 1. The van der Waals surface area contributed by atoms with Crippen LogP contribution in [0.15, 0.2) is 30.6 Å². The van der Waals surface area contributed by atoms with Gasteiger partial charge >= 0.3 is 0 Å². The van der Waals surface area contributed by atoms with Crippen LogP contribution in [-0.2, 0) is 7.05 Å². The summed E-state index contributed by atoms with van der Waals surface area (Å²) in [5.74, 6) is 0.533. The largest absolute Gasteiger partial charge is 0.341 e. The standard InChI is InChI=1S/C17H15ClFN3OS/c1-22-8-7-20-16(22)14(9-5-6-9)21-17(23)15-13(18)12-10(19)3-2-4-11(12)24-15/h2-4,7-9,14H,5-6H2,1H3,(H,21,23)/t14-/m1/s1. The summed E-state index contributed by atoms with van der Waals surface area (Å²) >= 11 is 7.49. The molecule has 1 aromatic carbocycles. The van der Waals surface area contributed by atoms with Crippen molar-refractivity contribution in [2.24, 2.45) is 13.0 Å². The second-order valence-electron chi connectivity index (χ2n) is 6.04. The Hall–Kier alpha value is -1.92. The van der Waals surface area contributed by atoms with E-state index in [1.54, 1.807) is 18.3 Å². The normalized spacial score (nSPS) is 15.6. The first-order valence-electron chi connectivity index (χ1n) is 7.71. The van der Waals surface area contributed by atoms with E-state index >= 15 is 0 Å². The zero-order chi connectivity index (χ0) is 16.8. The van der Waals surface area contributed by atoms with Gasteiger partial charge in [0, 0.05) is 29.5 Å². The molecule has 1 aliphatic carbocycles. The smallest absolute Gasteiger partial charge is 0.263 e. The highest BCUT2D eigenvalue weighted by Crippen LogP contribution is 2.42. The fourth-order valence-corrected chi connectivity index (χ4v) is 4.38. The Balaban J connectivity index is 1.67. The third kappa shape index (κ3) is 2.59. The number of rotatable bonds is 4. The molecule has 0 spiro atoms. The van der Waals surface area contributed by atoms with E-state index in [-0.39, 0.29) is 17.0 Å². The van der Waals surface area contributed by atoms with Crippen LogP contribution in [0, 0.1) is 11.7 Å². The first-order chi connectivity index (χ1) is 11.6. The molecule has 1 atom stereocenters. The summed E-state index contributed by atoms with van der Waals surface area (Å²) in [5, 5.41) is 3.54. The van der Waals surface area contributed by atoms with Crippen molar-refractivity contribution in [1.29, 1.82) is 0 Å².